The zero-order valence-corrected chi connectivity index (χ0v) is 15.9. The highest BCUT2D eigenvalue weighted by Crippen LogP contribution is 2.12. The summed E-state index contributed by atoms with van der Waals surface area (Å²) in [5, 5.41) is 5.56. The van der Waals surface area contributed by atoms with Crippen molar-refractivity contribution in [1.29, 1.82) is 0 Å². The number of benzene rings is 1. The number of carbonyl (C=O) groups is 3. The first-order chi connectivity index (χ1) is 14.0. The first-order valence-electron chi connectivity index (χ1n) is 9.51. The van der Waals surface area contributed by atoms with Crippen molar-refractivity contribution in [2.75, 3.05) is 13.1 Å². The molecule has 7 nitrogen and oxygen atoms in total. The summed E-state index contributed by atoms with van der Waals surface area (Å²) in [6.45, 7) is 0.983. The average Bonchev–Trinajstić information content (AvgIpc) is 3.13. The lowest BCUT2D eigenvalue weighted by Crippen LogP contribution is -2.42. The highest BCUT2D eigenvalue weighted by Gasteiger charge is 2.25. The van der Waals surface area contributed by atoms with Crippen LogP contribution in [0, 0.1) is 5.82 Å². The molecule has 29 heavy (non-hydrogen) atoms. The third-order valence-corrected chi connectivity index (χ3v) is 4.73. The molecular formula is C21H23FN4O3. The summed E-state index contributed by atoms with van der Waals surface area (Å²) in [6.07, 6.45) is 4.62. The van der Waals surface area contributed by atoms with E-state index < -0.39 is 5.82 Å². The van der Waals surface area contributed by atoms with Crippen LogP contribution in [0.2, 0.25) is 0 Å². The molecule has 3 amide bonds. The van der Waals surface area contributed by atoms with E-state index in [0.29, 0.717) is 31.5 Å². The molecule has 0 spiro atoms. The van der Waals surface area contributed by atoms with E-state index in [1.165, 1.54) is 24.3 Å². The van der Waals surface area contributed by atoms with Gasteiger partial charge in [-0.2, -0.15) is 0 Å². The van der Waals surface area contributed by atoms with Gasteiger partial charge >= 0.3 is 0 Å². The van der Waals surface area contributed by atoms with Crippen LogP contribution in [-0.4, -0.2) is 46.7 Å². The molecule has 0 saturated carbocycles. The van der Waals surface area contributed by atoms with Crippen LogP contribution in [0.5, 0.6) is 0 Å². The van der Waals surface area contributed by atoms with Crippen molar-refractivity contribution >= 4 is 17.7 Å². The Kier molecular flexibility index (Phi) is 6.89. The van der Waals surface area contributed by atoms with Crippen LogP contribution >= 0.6 is 0 Å². The third kappa shape index (κ3) is 6.10. The zero-order valence-electron chi connectivity index (χ0n) is 15.9. The normalized spacial score (nSPS) is 15.6. The van der Waals surface area contributed by atoms with Crippen LogP contribution in [0.25, 0.3) is 0 Å². The molecule has 2 heterocycles. The maximum absolute atomic E-state index is 13.0. The fourth-order valence-electron chi connectivity index (χ4n) is 3.19. The van der Waals surface area contributed by atoms with E-state index in [4.69, 9.17) is 0 Å². The van der Waals surface area contributed by atoms with Crippen LogP contribution in [0.4, 0.5) is 4.39 Å². The Morgan fingerprint density at radius 1 is 1.17 bits per heavy atom. The van der Waals surface area contributed by atoms with Crippen molar-refractivity contribution < 1.29 is 18.8 Å². The van der Waals surface area contributed by atoms with Gasteiger partial charge in [0.1, 0.15) is 5.82 Å². The highest BCUT2D eigenvalue weighted by molar-refractivity contribution is 5.94. The quantitative estimate of drug-likeness (QED) is 0.707. The summed E-state index contributed by atoms with van der Waals surface area (Å²) in [7, 11) is 0. The maximum atomic E-state index is 13.0. The smallest absolute Gasteiger partial charge is 0.251 e. The number of pyridine rings is 1. The van der Waals surface area contributed by atoms with E-state index in [1.54, 1.807) is 17.3 Å². The molecule has 0 bridgehead atoms. The van der Waals surface area contributed by atoms with Gasteiger partial charge in [0, 0.05) is 56.5 Å². The number of nitrogens with zero attached hydrogens (tertiary/aromatic N) is 2. The number of hydrogen-bond donors (Lipinski definition) is 2. The van der Waals surface area contributed by atoms with Crippen molar-refractivity contribution in [2.45, 2.75) is 31.8 Å². The summed E-state index contributed by atoms with van der Waals surface area (Å²) in [5.41, 5.74) is 1.27. The van der Waals surface area contributed by atoms with Crippen molar-refractivity contribution in [2.24, 2.45) is 0 Å². The molecule has 0 unspecified atom stereocenters. The van der Waals surface area contributed by atoms with Gasteiger partial charge < -0.3 is 15.5 Å². The van der Waals surface area contributed by atoms with Gasteiger partial charge in [-0.25, -0.2) is 4.39 Å². The molecule has 1 fully saturated rings. The molecule has 0 aliphatic carbocycles. The van der Waals surface area contributed by atoms with E-state index in [0.717, 1.165) is 5.56 Å². The molecule has 1 atom stereocenters. The SMILES string of the molecule is O=C1CC[C@@H](CN(Cc2ccncc2)C(=O)CCNC(=O)c2ccc(F)cc2)N1. The van der Waals surface area contributed by atoms with Crippen LogP contribution in [-0.2, 0) is 16.1 Å². The predicted octanol–water partition coefficient (Wildman–Crippen LogP) is 1.65. The van der Waals surface area contributed by atoms with Gasteiger partial charge in [-0.3, -0.25) is 19.4 Å². The topological polar surface area (TPSA) is 91.4 Å². The van der Waals surface area contributed by atoms with Gasteiger partial charge in [0.25, 0.3) is 5.91 Å². The van der Waals surface area contributed by atoms with Crippen LogP contribution < -0.4 is 10.6 Å². The van der Waals surface area contributed by atoms with E-state index in [-0.39, 0.29) is 36.7 Å². The molecule has 152 valence electrons. The molecule has 1 aliphatic rings. The molecule has 1 saturated heterocycles. The summed E-state index contributed by atoms with van der Waals surface area (Å²) >= 11 is 0. The van der Waals surface area contributed by atoms with Crippen molar-refractivity contribution in [3.63, 3.8) is 0 Å². The standard InChI is InChI=1S/C21H23FN4O3/c22-17-3-1-16(2-4-17)21(29)24-12-9-20(28)26(13-15-7-10-23-11-8-15)14-18-5-6-19(27)25-18/h1-4,7-8,10-11,18H,5-6,9,12-14H2,(H,24,29)(H,25,27)/t18-/m0/s1. The lowest BCUT2D eigenvalue weighted by atomic mass is 10.1. The van der Waals surface area contributed by atoms with E-state index >= 15 is 0 Å². The predicted molar refractivity (Wildman–Crippen MR) is 104 cm³/mol. The number of carbonyl (C=O) groups excluding carboxylic acids is 3. The first kappa shape index (κ1) is 20.4. The molecule has 2 aromatic rings. The van der Waals surface area contributed by atoms with E-state index in [2.05, 4.69) is 15.6 Å². The number of halogens is 1. The molecule has 2 N–H and O–H groups in total. The number of hydrogen-bond acceptors (Lipinski definition) is 4. The Balaban J connectivity index is 1.55. The van der Waals surface area contributed by atoms with Crippen LogP contribution in [0.3, 0.4) is 0 Å². The molecule has 0 radical (unpaired) electrons. The van der Waals surface area contributed by atoms with Crippen molar-refractivity contribution in [3.05, 3.63) is 65.7 Å². The summed E-state index contributed by atoms with van der Waals surface area (Å²) < 4.78 is 13.0. The second kappa shape index (κ2) is 9.77. The lowest BCUT2D eigenvalue weighted by Gasteiger charge is -2.26. The Bertz CT molecular complexity index is 858. The lowest BCUT2D eigenvalue weighted by molar-refractivity contribution is -0.132. The van der Waals surface area contributed by atoms with Crippen molar-refractivity contribution in [3.8, 4) is 0 Å². The van der Waals surface area contributed by atoms with Gasteiger partial charge in [-0.15, -0.1) is 0 Å². The molecule has 3 rings (SSSR count). The fourth-order valence-corrected chi connectivity index (χ4v) is 3.19. The Hall–Kier alpha value is -3.29. The van der Waals surface area contributed by atoms with Gasteiger partial charge in [-0.05, 0) is 48.4 Å². The number of nitrogens with one attached hydrogen (secondary N) is 2. The van der Waals surface area contributed by atoms with Gasteiger partial charge in [-0.1, -0.05) is 0 Å². The minimum absolute atomic E-state index is 0.00197. The Morgan fingerprint density at radius 2 is 1.90 bits per heavy atom. The van der Waals surface area contributed by atoms with Gasteiger partial charge in [0.15, 0.2) is 0 Å². The number of amides is 3. The van der Waals surface area contributed by atoms with Gasteiger partial charge in [0.05, 0.1) is 0 Å². The second-order valence-corrected chi connectivity index (χ2v) is 6.95. The second-order valence-electron chi connectivity index (χ2n) is 6.95. The first-order valence-corrected chi connectivity index (χ1v) is 9.51. The Morgan fingerprint density at radius 3 is 2.55 bits per heavy atom. The Labute approximate surface area is 168 Å². The van der Waals surface area contributed by atoms with Gasteiger partial charge in [0.2, 0.25) is 11.8 Å². The highest BCUT2D eigenvalue weighted by atomic mass is 19.1. The summed E-state index contributed by atoms with van der Waals surface area (Å²) in [6, 6.07) is 8.82. The molecule has 1 aromatic heterocycles. The maximum Gasteiger partial charge on any atom is 0.251 e. The van der Waals surface area contributed by atoms with Crippen LogP contribution in [0.1, 0.15) is 35.2 Å². The number of rotatable bonds is 8. The third-order valence-electron chi connectivity index (χ3n) is 4.73. The van der Waals surface area contributed by atoms with Crippen molar-refractivity contribution in [1.82, 2.24) is 20.5 Å². The zero-order chi connectivity index (χ0) is 20.6. The average molecular weight is 398 g/mol. The minimum Gasteiger partial charge on any atom is -0.352 e. The summed E-state index contributed by atoms with van der Waals surface area (Å²) in [5.74, 6) is -0.899. The molecular weight excluding hydrogens is 375 g/mol. The molecule has 1 aliphatic heterocycles. The molecule has 1 aromatic carbocycles. The van der Waals surface area contributed by atoms with E-state index in [9.17, 15) is 18.8 Å². The van der Waals surface area contributed by atoms with Crippen LogP contribution in [0.15, 0.2) is 48.8 Å². The fraction of sp³-hybridized carbons (Fsp3) is 0.333. The number of aromatic nitrogens is 1. The summed E-state index contributed by atoms with van der Waals surface area (Å²) in [4.78, 5) is 42.0. The molecule has 8 heteroatoms. The minimum atomic E-state index is -0.414. The monoisotopic (exact) mass is 398 g/mol. The largest absolute Gasteiger partial charge is 0.352 e. The van der Waals surface area contributed by atoms with E-state index in [1.807, 2.05) is 12.1 Å².